The summed E-state index contributed by atoms with van der Waals surface area (Å²) in [4.78, 5) is 229. The maximum Gasteiger partial charge on any atom is 0.326 e. The highest BCUT2D eigenvalue weighted by Crippen LogP contribution is 2.29. The summed E-state index contributed by atoms with van der Waals surface area (Å²) in [5, 5.41) is 60.3. The van der Waals surface area contributed by atoms with Gasteiger partial charge in [0.05, 0.1) is 25.7 Å². The Morgan fingerprint density at radius 1 is 0.514 bits per heavy atom. The number of guanidine groups is 2. The molecule has 40 heteroatoms. The first-order valence-electron chi connectivity index (χ1n) is 36.0. The Kier molecular flexibility index (Phi) is 34.0. The molecule has 2 bridgehead atoms. The number of carbonyl (C=O) groups excluding carboxylic acids is 14. The van der Waals surface area contributed by atoms with Crippen molar-refractivity contribution >= 4 is 122 Å². The third-order valence-electron chi connectivity index (χ3n) is 19.3. The van der Waals surface area contributed by atoms with Crippen LogP contribution in [0, 0.1) is 11.8 Å². The Hall–Kier alpha value is -9.57. The Morgan fingerprint density at radius 2 is 0.963 bits per heavy atom. The molecule has 0 radical (unpaired) electrons. The smallest absolute Gasteiger partial charge is 0.326 e. The van der Waals surface area contributed by atoms with Crippen molar-refractivity contribution in [1.29, 1.82) is 0 Å². The van der Waals surface area contributed by atoms with E-state index in [4.69, 9.17) is 22.9 Å². The number of aliphatic imine (C=N–C) groups is 2. The minimum atomic E-state index is -1.99. The second kappa shape index (κ2) is 42.1. The molecule has 0 spiro atoms. The number of aliphatic hydroxyl groups is 2. The van der Waals surface area contributed by atoms with Crippen LogP contribution in [0.5, 0.6) is 0 Å². The minimum absolute atomic E-state index is 0.0120. The van der Waals surface area contributed by atoms with Gasteiger partial charge in [-0.2, -0.15) is 0 Å². The number of carboxylic acids is 1. The van der Waals surface area contributed by atoms with Crippen LogP contribution in [0.25, 0.3) is 0 Å². The molecule has 5 heterocycles. The van der Waals surface area contributed by atoms with E-state index in [1.165, 1.54) is 9.80 Å². The first-order chi connectivity index (χ1) is 50.9. The summed E-state index contributed by atoms with van der Waals surface area (Å²) in [6.45, 7) is 5.88. The Labute approximate surface area is 627 Å². The van der Waals surface area contributed by atoms with Gasteiger partial charge in [-0.25, -0.2) is 4.79 Å². The monoisotopic (exact) mass is 1540 g/mol. The van der Waals surface area contributed by atoms with Gasteiger partial charge in [0.1, 0.15) is 78.5 Å². The van der Waals surface area contributed by atoms with Crippen molar-refractivity contribution in [3.05, 3.63) is 35.9 Å². The van der Waals surface area contributed by atoms with Gasteiger partial charge in [0.2, 0.25) is 82.7 Å². The van der Waals surface area contributed by atoms with Crippen LogP contribution in [-0.2, 0) is 78.3 Å². The molecule has 0 unspecified atom stereocenters. The molecule has 14 amide bonds. The molecule has 5 aliphatic heterocycles. The number of hydrogen-bond donors (Lipinski definition) is 18. The molecule has 5 fully saturated rings. The second-order valence-electron chi connectivity index (χ2n) is 27.2. The molecule has 5 saturated heterocycles. The summed E-state index contributed by atoms with van der Waals surface area (Å²) in [6, 6.07) is -11.9. The van der Waals surface area contributed by atoms with Gasteiger partial charge in [-0.15, -0.1) is 0 Å². The Morgan fingerprint density at radius 3 is 1.50 bits per heavy atom. The molecule has 1 aromatic rings. The van der Waals surface area contributed by atoms with Crippen molar-refractivity contribution in [3.8, 4) is 0 Å². The number of carboxylic acid groups (broad SMARTS) is 1. The number of nitrogens with zero attached hydrogens (tertiary/aromatic N) is 5. The second-order valence-corrected chi connectivity index (χ2v) is 29.7. The number of nitrogens with one attached hydrogen (secondary N) is 11. The summed E-state index contributed by atoms with van der Waals surface area (Å²) in [5.41, 5.74) is 22.8. The molecular weight excluding hydrogens is 1440 g/mol. The fraction of sp³-hybridized carbons (Fsp3) is 0.657. The standard InChI is InChI=1S/C67H104N20O18S2/c1-6-34(3)50-60(99)81-43-32-106-107-33-44(80-53(92)38(18-11-23-72-66(68)69)75-49(91)30-74-48(90)29-41(65(104)105)78-58(97)45-20-13-25-85(45)62(101)40(77-56(43)95)28-37-16-9-8-10-17-37)57(96)84-52(36(5)89)61(100)76-39(19-12-24-73-67(70)71)54(93)79-42(31-88)55(94)83-51(35(4)7-2)64(103)87-27-15-22-47(87)63(102)86-26-14-21-46(86)59(98)82-50/h8-10,16-17,34-36,38-47,50-52,88-89H,6-7,11-15,18-33H2,1-5H3,(H,74,90)(H,75,91)(H,76,100)(H,77,95)(H,78,97)(H,79,93)(H,80,92)(H,81,99)(H,82,98)(H,83,94)(H,84,96)(H,104,105)(H4,68,69,72)(H4,70,71,73)/t34-,35-,36+,38-,39-,40-,41-,42-,43-,44-,45-,46-,47-,50-,51-,52-/m0/s1. The molecule has 107 heavy (non-hydrogen) atoms. The van der Waals surface area contributed by atoms with Gasteiger partial charge >= 0.3 is 5.97 Å². The number of nitrogens with two attached hydrogens (primary N) is 4. The molecule has 6 rings (SSSR count). The van der Waals surface area contributed by atoms with E-state index in [0.29, 0.717) is 24.8 Å². The van der Waals surface area contributed by atoms with E-state index < -0.39 is 216 Å². The lowest BCUT2D eigenvalue weighted by Crippen LogP contribution is -2.62. The van der Waals surface area contributed by atoms with Crippen LogP contribution in [0.2, 0.25) is 0 Å². The minimum Gasteiger partial charge on any atom is -0.480 e. The van der Waals surface area contributed by atoms with Gasteiger partial charge in [0.15, 0.2) is 11.9 Å². The van der Waals surface area contributed by atoms with Gasteiger partial charge in [-0.3, -0.25) is 77.1 Å². The topological polar surface area (TPSA) is 588 Å². The van der Waals surface area contributed by atoms with E-state index in [0.717, 1.165) is 33.4 Å². The highest BCUT2D eigenvalue weighted by Gasteiger charge is 2.47. The molecule has 0 aliphatic carbocycles. The van der Waals surface area contributed by atoms with E-state index in [1.54, 1.807) is 58.0 Å². The number of aliphatic carboxylic acids is 1. The van der Waals surface area contributed by atoms with E-state index >= 15 is 14.4 Å². The van der Waals surface area contributed by atoms with Crippen molar-refractivity contribution < 1.29 is 87.2 Å². The molecule has 592 valence electrons. The molecule has 1 aromatic carbocycles. The third-order valence-corrected chi connectivity index (χ3v) is 21.7. The fourth-order valence-electron chi connectivity index (χ4n) is 12.9. The number of amides is 14. The number of carbonyl (C=O) groups is 15. The number of fused-ring (bicyclic) bond motifs is 8. The van der Waals surface area contributed by atoms with E-state index in [-0.39, 0.29) is 109 Å². The zero-order valence-corrected chi connectivity index (χ0v) is 62.3. The van der Waals surface area contributed by atoms with Crippen molar-refractivity contribution in [2.45, 2.75) is 209 Å². The van der Waals surface area contributed by atoms with Crippen LogP contribution in [0.1, 0.15) is 124 Å². The van der Waals surface area contributed by atoms with Crippen LogP contribution >= 0.6 is 21.6 Å². The third kappa shape index (κ3) is 25.3. The molecule has 0 aromatic heterocycles. The molecule has 22 N–H and O–H groups in total. The lowest BCUT2D eigenvalue weighted by Gasteiger charge is -2.35. The predicted molar refractivity (Wildman–Crippen MR) is 391 cm³/mol. The van der Waals surface area contributed by atoms with Crippen molar-refractivity contribution in [1.82, 2.24) is 73.2 Å². The van der Waals surface area contributed by atoms with Crippen molar-refractivity contribution in [3.63, 3.8) is 0 Å². The number of benzene rings is 1. The number of hydrogen-bond acceptors (Lipinski definition) is 21. The van der Waals surface area contributed by atoms with Crippen LogP contribution in [0.3, 0.4) is 0 Å². The maximum absolute atomic E-state index is 15.3. The van der Waals surface area contributed by atoms with Gasteiger partial charge in [-0.1, -0.05) is 92.5 Å². The first kappa shape index (κ1) is 86.4. The largest absolute Gasteiger partial charge is 0.480 e. The van der Waals surface area contributed by atoms with Gasteiger partial charge in [0, 0.05) is 50.7 Å². The maximum atomic E-state index is 15.3. The van der Waals surface area contributed by atoms with Gasteiger partial charge in [0.25, 0.3) is 0 Å². The lowest BCUT2D eigenvalue weighted by molar-refractivity contribution is -0.149. The summed E-state index contributed by atoms with van der Waals surface area (Å²) < 4.78 is 0. The zero-order valence-electron chi connectivity index (χ0n) is 60.7. The number of aliphatic hydroxyl groups excluding tert-OH is 2. The first-order valence-corrected chi connectivity index (χ1v) is 38.5. The zero-order chi connectivity index (χ0) is 78.8. The van der Waals surface area contributed by atoms with Crippen molar-refractivity contribution in [2.75, 3.05) is 57.4 Å². The molecule has 16 atom stereocenters. The van der Waals surface area contributed by atoms with Crippen LogP contribution in [0.4, 0.5) is 0 Å². The lowest BCUT2D eigenvalue weighted by atomic mass is 9.96. The Balaban J connectivity index is 1.51. The summed E-state index contributed by atoms with van der Waals surface area (Å²) in [7, 11) is 1.66. The van der Waals surface area contributed by atoms with Gasteiger partial charge < -0.3 is 111 Å². The summed E-state index contributed by atoms with van der Waals surface area (Å²) in [6.07, 6.45) is -1.75. The predicted octanol–water partition coefficient (Wildman–Crippen LogP) is -6.38. The summed E-state index contributed by atoms with van der Waals surface area (Å²) in [5.74, 6) is -17.9. The average molecular weight is 1540 g/mol. The van der Waals surface area contributed by atoms with Crippen LogP contribution in [0.15, 0.2) is 40.3 Å². The van der Waals surface area contributed by atoms with Crippen LogP contribution in [-0.4, -0.2) is 273 Å². The fourth-order valence-corrected chi connectivity index (χ4v) is 15.2. The number of rotatable bonds is 17. The van der Waals surface area contributed by atoms with E-state index in [9.17, 15) is 72.9 Å². The highest BCUT2D eigenvalue weighted by atomic mass is 33.1. The van der Waals surface area contributed by atoms with Crippen LogP contribution < -0.4 is 81.4 Å². The summed E-state index contributed by atoms with van der Waals surface area (Å²) >= 11 is 0. The van der Waals surface area contributed by atoms with Crippen molar-refractivity contribution in [2.24, 2.45) is 44.8 Å². The Bertz CT molecular complexity index is 3420. The van der Waals surface area contributed by atoms with E-state index in [1.807, 2.05) is 0 Å². The molecule has 0 saturated carbocycles. The molecule has 38 nitrogen and oxygen atoms in total. The highest BCUT2D eigenvalue weighted by molar-refractivity contribution is 8.76. The average Bonchev–Trinajstić information content (AvgIpc) is 1.67. The van der Waals surface area contributed by atoms with Gasteiger partial charge in [-0.05, 0) is 88.5 Å². The van der Waals surface area contributed by atoms with E-state index in [2.05, 4.69) is 68.5 Å². The molecular formula is C67H104N20O18S2. The molecule has 5 aliphatic rings. The quantitative estimate of drug-likeness (QED) is 0.0298. The SMILES string of the molecule is CC[C@H](C)[C@@H]1NC(=O)[C@@H]2CCCN2C(=O)[C@@H]2CCCN2C(=O)[C@H]([C@@H](C)CC)NC(=O)[C@H](CO)NC(=O)[C@H](CCCN=C(N)N)NC(=O)[C@H]([C@@H](C)O)NC(=O)[C@@H]2CSSC[C@H](NC1=O)C(=O)N[C@@H](Cc1ccccc1)C(=O)N1CCC[C@H]1C(=O)N[C@H](C(=O)O)CC(=O)NCC(=O)N[C@@H](CCCN=C(N)N)C(=O)N2. The normalized spacial score (nSPS) is 28.3.